The third kappa shape index (κ3) is 3.57. The molecule has 1 rings (SSSR count). The predicted molar refractivity (Wildman–Crippen MR) is 67.4 cm³/mol. The molecule has 0 unspecified atom stereocenters. The van der Waals surface area contributed by atoms with Crippen LogP contribution in [0.3, 0.4) is 0 Å². The van der Waals surface area contributed by atoms with Crippen molar-refractivity contribution >= 4 is 11.6 Å². The van der Waals surface area contributed by atoms with E-state index in [2.05, 4.69) is 19.2 Å². The van der Waals surface area contributed by atoms with Gasteiger partial charge in [-0.15, -0.1) is 0 Å². The molecule has 1 aromatic rings. The Morgan fingerprint density at radius 1 is 1.44 bits per heavy atom. The molecule has 0 bridgehead atoms. The fourth-order valence-corrected chi connectivity index (χ4v) is 1.45. The number of hydrogen-bond donors (Lipinski definition) is 2. The maximum Gasteiger partial charge on any atom is 0.251 e. The predicted octanol–water partition coefficient (Wildman–Crippen LogP) is 2.35. The average molecular weight is 220 g/mol. The van der Waals surface area contributed by atoms with Crippen molar-refractivity contribution in [3.63, 3.8) is 0 Å². The maximum atomic E-state index is 11.8. The molecule has 88 valence electrons. The van der Waals surface area contributed by atoms with E-state index < -0.39 is 0 Å². The summed E-state index contributed by atoms with van der Waals surface area (Å²) in [6.45, 7) is 6.90. The number of nitrogens with one attached hydrogen (secondary N) is 1. The molecule has 0 aromatic heterocycles. The highest BCUT2D eigenvalue weighted by Gasteiger charge is 2.08. The molecule has 3 heteroatoms. The Hall–Kier alpha value is -1.51. The van der Waals surface area contributed by atoms with Crippen LogP contribution in [0, 0.1) is 12.8 Å². The molecule has 0 aliphatic carbocycles. The van der Waals surface area contributed by atoms with Crippen molar-refractivity contribution in [3.05, 3.63) is 29.3 Å². The van der Waals surface area contributed by atoms with Crippen LogP contribution >= 0.6 is 0 Å². The van der Waals surface area contributed by atoms with Crippen molar-refractivity contribution < 1.29 is 4.79 Å². The lowest BCUT2D eigenvalue weighted by atomic mass is 10.1. The van der Waals surface area contributed by atoms with Gasteiger partial charge in [0.25, 0.3) is 5.91 Å². The first kappa shape index (κ1) is 12.6. The molecule has 0 atom stereocenters. The minimum Gasteiger partial charge on any atom is -0.399 e. The van der Waals surface area contributed by atoms with Gasteiger partial charge in [0.15, 0.2) is 0 Å². The summed E-state index contributed by atoms with van der Waals surface area (Å²) in [5.74, 6) is 0.563. The van der Waals surface area contributed by atoms with Gasteiger partial charge in [-0.05, 0) is 37.0 Å². The quantitative estimate of drug-likeness (QED) is 0.765. The highest BCUT2D eigenvalue weighted by molar-refractivity contribution is 5.96. The zero-order chi connectivity index (χ0) is 12.1. The van der Waals surface area contributed by atoms with Crippen LogP contribution in [-0.2, 0) is 0 Å². The van der Waals surface area contributed by atoms with Gasteiger partial charge >= 0.3 is 0 Å². The maximum absolute atomic E-state index is 11.8. The second-order valence-corrected chi connectivity index (χ2v) is 4.51. The second kappa shape index (κ2) is 5.54. The van der Waals surface area contributed by atoms with Crippen molar-refractivity contribution in [2.75, 3.05) is 12.3 Å². The van der Waals surface area contributed by atoms with Crippen molar-refractivity contribution in [2.24, 2.45) is 5.92 Å². The number of amides is 1. The third-order valence-electron chi connectivity index (χ3n) is 2.51. The number of carbonyl (C=O) groups is 1. The van der Waals surface area contributed by atoms with Crippen LogP contribution in [0.1, 0.15) is 36.2 Å². The highest BCUT2D eigenvalue weighted by Crippen LogP contribution is 2.12. The molecule has 0 aliphatic heterocycles. The Morgan fingerprint density at radius 2 is 2.12 bits per heavy atom. The minimum absolute atomic E-state index is 0.0366. The standard InChI is InChI=1S/C13H20N2O/c1-9(2)6-7-15-13(16)12-8-11(14)5-4-10(12)3/h4-5,8-9H,6-7,14H2,1-3H3,(H,15,16). The molecule has 0 spiro atoms. The van der Waals surface area contributed by atoms with Crippen molar-refractivity contribution in [3.8, 4) is 0 Å². The first-order chi connectivity index (χ1) is 7.50. The molecular weight excluding hydrogens is 200 g/mol. The first-order valence-electron chi connectivity index (χ1n) is 5.65. The monoisotopic (exact) mass is 220 g/mol. The molecule has 0 fully saturated rings. The molecule has 16 heavy (non-hydrogen) atoms. The van der Waals surface area contributed by atoms with Gasteiger partial charge in [-0.2, -0.15) is 0 Å². The zero-order valence-electron chi connectivity index (χ0n) is 10.2. The van der Waals surface area contributed by atoms with E-state index in [4.69, 9.17) is 5.73 Å². The molecule has 3 N–H and O–H groups in total. The van der Waals surface area contributed by atoms with Gasteiger partial charge in [0.05, 0.1) is 0 Å². The van der Waals surface area contributed by atoms with Gasteiger partial charge in [-0.1, -0.05) is 19.9 Å². The van der Waals surface area contributed by atoms with Crippen LogP contribution in [0.15, 0.2) is 18.2 Å². The summed E-state index contributed by atoms with van der Waals surface area (Å²) in [5.41, 5.74) is 7.91. The lowest BCUT2D eigenvalue weighted by molar-refractivity contribution is 0.0951. The summed E-state index contributed by atoms with van der Waals surface area (Å²) < 4.78 is 0. The van der Waals surface area contributed by atoms with E-state index >= 15 is 0 Å². The van der Waals surface area contributed by atoms with Gasteiger partial charge in [-0.3, -0.25) is 4.79 Å². The van der Waals surface area contributed by atoms with E-state index in [0.29, 0.717) is 23.7 Å². The van der Waals surface area contributed by atoms with Gasteiger partial charge in [0.1, 0.15) is 0 Å². The van der Waals surface area contributed by atoms with Gasteiger partial charge in [0, 0.05) is 17.8 Å². The summed E-state index contributed by atoms with van der Waals surface area (Å²) in [7, 11) is 0. The van der Waals surface area contributed by atoms with Crippen molar-refractivity contribution in [1.82, 2.24) is 5.32 Å². The number of hydrogen-bond acceptors (Lipinski definition) is 2. The fourth-order valence-electron chi connectivity index (χ4n) is 1.45. The molecule has 0 aliphatic rings. The minimum atomic E-state index is -0.0366. The Morgan fingerprint density at radius 3 is 2.75 bits per heavy atom. The molecular formula is C13H20N2O. The molecule has 0 radical (unpaired) electrons. The smallest absolute Gasteiger partial charge is 0.251 e. The SMILES string of the molecule is Cc1ccc(N)cc1C(=O)NCCC(C)C. The number of anilines is 1. The van der Waals surface area contributed by atoms with E-state index in [1.54, 1.807) is 12.1 Å². The summed E-state index contributed by atoms with van der Waals surface area (Å²) in [4.78, 5) is 11.8. The Labute approximate surface area is 97.0 Å². The zero-order valence-corrected chi connectivity index (χ0v) is 10.2. The average Bonchev–Trinajstić information content (AvgIpc) is 2.21. The van der Waals surface area contributed by atoms with Gasteiger partial charge in [-0.25, -0.2) is 0 Å². The van der Waals surface area contributed by atoms with E-state index in [1.807, 2.05) is 13.0 Å². The number of carbonyl (C=O) groups excluding carboxylic acids is 1. The summed E-state index contributed by atoms with van der Waals surface area (Å²) in [6, 6.07) is 5.40. The van der Waals surface area contributed by atoms with E-state index in [0.717, 1.165) is 12.0 Å². The first-order valence-corrected chi connectivity index (χ1v) is 5.65. The number of benzene rings is 1. The Kier molecular flexibility index (Phi) is 4.35. The van der Waals surface area contributed by atoms with E-state index in [1.165, 1.54) is 0 Å². The van der Waals surface area contributed by atoms with Crippen LogP contribution in [-0.4, -0.2) is 12.5 Å². The van der Waals surface area contributed by atoms with E-state index in [9.17, 15) is 4.79 Å². The normalized spacial score (nSPS) is 10.5. The number of aryl methyl sites for hydroxylation is 1. The van der Waals surface area contributed by atoms with E-state index in [-0.39, 0.29) is 5.91 Å². The largest absolute Gasteiger partial charge is 0.399 e. The molecule has 1 amide bonds. The fraction of sp³-hybridized carbons (Fsp3) is 0.462. The Balaban J connectivity index is 2.62. The lowest BCUT2D eigenvalue weighted by Crippen LogP contribution is -2.26. The lowest BCUT2D eigenvalue weighted by Gasteiger charge is -2.09. The molecule has 0 saturated heterocycles. The van der Waals surface area contributed by atoms with Crippen LogP contribution in [0.2, 0.25) is 0 Å². The highest BCUT2D eigenvalue weighted by atomic mass is 16.1. The summed E-state index contributed by atoms with van der Waals surface area (Å²) in [6.07, 6.45) is 0.993. The Bertz CT molecular complexity index is 372. The molecule has 0 heterocycles. The summed E-state index contributed by atoms with van der Waals surface area (Å²) >= 11 is 0. The molecule has 1 aromatic carbocycles. The van der Waals surface area contributed by atoms with Crippen LogP contribution in [0.25, 0.3) is 0 Å². The molecule has 3 nitrogen and oxygen atoms in total. The van der Waals surface area contributed by atoms with Crippen LogP contribution in [0.4, 0.5) is 5.69 Å². The number of nitrogen functional groups attached to an aromatic ring is 1. The van der Waals surface area contributed by atoms with Gasteiger partial charge < -0.3 is 11.1 Å². The number of rotatable bonds is 4. The third-order valence-corrected chi connectivity index (χ3v) is 2.51. The van der Waals surface area contributed by atoms with Gasteiger partial charge in [0.2, 0.25) is 0 Å². The summed E-state index contributed by atoms with van der Waals surface area (Å²) in [5, 5.41) is 2.90. The number of nitrogens with two attached hydrogens (primary N) is 1. The second-order valence-electron chi connectivity index (χ2n) is 4.51. The van der Waals surface area contributed by atoms with Crippen molar-refractivity contribution in [1.29, 1.82) is 0 Å². The van der Waals surface area contributed by atoms with Crippen LogP contribution in [0.5, 0.6) is 0 Å². The van der Waals surface area contributed by atoms with Crippen molar-refractivity contribution in [2.45, 2.75) is 27.2 Å². The molecule has 0 saturated carbocycles. The topological polar surface area (TPSA) is 55.1 Å². The van der Waals surface area contributed by atoms with Crippen LogP contribution < -0.4 is 11.1 Å².